The molecule has 2 heterocycles. The zero-order valence-corrected chi connectivity index (χ0v) is 17.6. The molecule has 0 unspecified atom stereocenters. The maximum absolute atomic E-state index is 12.8. The Bertz CT molecular complexity index is 1280. The zero-order chi connectivity index (χ0) is 20.5. The molecule has 5 nitrogen and oxygen atoms in total. The molecule has 0 radical (unpaired) electrons. The van der Waals surface area contributed by atoms with Crippen LogP contribution in [0.15, 0.2) is 69.9 Å². The minimum Gasteiger partial charge on any atom is -0.294 e. The van der Waals surface area contributed by atoms with Gasteiger partial charge in [0, 0.05) is 21.4 Å². The average molecular weight is 448 g/mol. The first-order valence-corrected chi connectivity index (χ1v) is 9.97. The van der Waals surface area contributed by atoms with Crippen LogP contribution in [0, 0.1) is 13.8 Å². The summed E-state index contributed by atoms with van der Waals surface area (Å²) < 4.78 is 2.74. The van der Waals surface area contributed by atoms with Gasteiger partial charge in [-0.2, -0.15) is 4.98 Å². The van der Waals surface area contributed by atoms with Crippen LogP contribution < -0.4 is 5.56 Å². The van der Waals surface area contributed by atoms with Crippen LogP contribution in [0.4, 0.5) is 0 Å². The first-order valence-electron chi connectivity index (χ1n) is 9.18. The number of ketones is 1. The number of fused-ring (bicyclic) bond motifs is 1. The molecule has 4 rings (SSSR count). The fraction of sp³-hybridized carbons (Fsp3) is 0.130. The summed E-state index contributed by atoms with van der Waals surface area (Å²) in [5, 5.41) is 0.467. The number of carbonyl (C=O) groups excluding carboxylic acids is 1. The first-order chi connectivity index (χ1) is 13.9. The molecule has 144 valence electrons. The van der Waals surface area contributed by atoms with Gasteiger partial charge in [-0.15, -0.1) is 0 Å². The fourth-order valence-corrected chi connectivity index (χ4v) is 3.70. The van der Waals surface area contributed by atoms with E-state index in [1.165, 1.54) is 0 Å². The van der Waals surface area contributed by atoms with Gasteiger partial charge in [-0.3, -0.25) is 14.2 Å². The Hall–Kier alpha value is -3.12. The van der Waals surface area contributed by atoms with Crippen molar-refractivity contribution in [3.8, 4) is 5.69 Å². The number of Topliss-reactive ketones (excluding diaryl/α,β-unsaturated/α-hetero) is 1. The molecule has 0 atom stereocenters. The highest BCUT2D eigenvalue weighted by Crippen LogP contribution is 2.22. The van der Waals surface area contributed by atoms with Crippen molar-refractivity contribution in [1.82, 2.24) is 14.5 Å². The lowest BCUT2D eigenvalue weighted by Gasteiger charge is -2.16. The van der Waals surface area contributed by atoms with Gasteiger partial charge in [-0.25, -0.2) is 4.98 Å². The summed E-state index contributed by atoms with van der Waals surface area (Å²) in [6.07, 6.45) is -0.0000726. The lowest BCUT2D eigenvalue weighted by Crippen LogP contribution is -2.22. The third-order valence-corrected chi connectivity index (χ3v) is 5.27. The van der Waals surface area contributed by atoms with E-state index in [0.717, 1.165) is 21.4 Å². The molecule has 0 saturated carbocycles. The molecule has 0 saturated heterocycles. The number of aryl methyl sites for hydroxylation is 2. The van der Waals surface area contributed by atoms with E-state index in [2.05, 4.69) is 25.9 Å². The third kappa shape index (κ3) is 3.76. The summed E-state index contributed by atoms with van der Waals surface area (Å²) in [4.78, 5) is 34.6. The molecule has 29 heavy (non-hydrogen) atoms. The lowest BCUT2D eigenvalue weighted by molar-refractivity contribution is 0.0990. The van der Waals surface area contributed by atoms with Crippen LogP contribution in [0.5, 0.6) is 0 Å². The standard InChI is InChI=1S/C23H18BrN3O2/c1-14-12-15(2)25-22-21(14)23(29)26-20(13-19(28)16-6-4-3-5-7-16)27(22)18-10-8-17(24)9-11-18/h3-12H,13H2,1-2H3. The molecule has 0 bridgehead atoms. The molecular weight excluding hydrogens is 430 g/mol. The van der Waals surface area contributed by atoms with Gasteiger partial charge < -0.3 is 0 Å². The van der Waals surface area contributed by atoms with E-state index in [-0.39, 0.29) is 17.8 Å². The van der Waals surface area contributed by atoms with E-state index in [4.69, 9.17) is 0 Å². The van der Waals surface area contributed by atoms with Crippen LogP contribution in [0.2, 0.25) is 0 Å². The van der Waals surface area contributed by atoms with Crippen LogP contribution in [-0.2, 0) is 6.42 Å². The fourth-order valence-electron chi connectivity index (χ4n) is 3.44. The molecule has 4 aromatic rings. The maximum Gasteiger partial charge on any atom is 0.282 e. The van der Waals surface area contributed by atoms with E-state index in [9.17, 15) is 9.59 Å². The number of hydrogen-bond acceptors (Lipinski definition) is 4. The number of benzene rings is 2. The summed E-state index contributed by atoms with van der Waals surface area (Å²) in [6.45, 7) is 3.76. The summed E-state index contributed by atoms with van der Waals surface area (Å²) in [6, 6.07) is 18.5. The van der Waals surface area contributed by atoms with Gasteiger partial charge in [0.2, 0.25) is 0 Å². The molecule has 6 heteroatoms. The van der Waals surface area contributed by atoms with Gasteiger partial charge in [0.05, 0.1) is 11.8 Å². The minimum absolute atomic E-state index is 0.0000726. The molecule has 0 N–H and O–H groups in total. The Morgan fingerprint density at radius 3 is 2.38 bits per heavy atom. The molecule has 2 aromatic heterocycles. The van der Waals surface area contributed by atoms with Gasteiger partial charge in [-0.05, 0) is 49.7 Å². The number of aromatic nitrogens is 3. The van der Waals surface area contributed by atoms with Gasteiger partial charge in [0.25, 0.3) is 5.56 Å². The quantitative estimate of drug-likeness (QED) is 0.429. The van der Waals surface area contributed by atoms with Gasteiger partial charge in [0.15, 0.2) is 11.4 Å². The van der Waals surface area contributed by atoms with Crippen molar-refractivity contribution in [2.24, 2.45) is 0 Å². The van der Waals surface area contributed by atoms with Gasteiger partial charge in [-0.1, -0.05) is 46.3 Å². The lowest BCUT2D eigenvalue weighted by atomic mass is 10.1. The van der Waals surface area contributed by atoms with Crippen molar-refractivity contribution in [1.29, 1.82) is 0 Å². The molecule has 0 fully saturated rings. The Kier molecular flexibility index (Phi) is 5.11. The Morgan fingerprint density at radius 1 is 1.00 bits per heavy atom. The Morgan fingerprint density at radius 2 is 1.69 bits per heavy atom. The van der Waals surface area contributed by atoms with Crippen LogP contribution in [0.1, 0.15) is 27.4 Å². The van der Waals surface area contributed by atoms with Crippen LogP contribution in [-0.4, -0.2) is 20.3 Å². The highest BCUT2D eigenvalue weighted by Gasteiger charge is 2.19. The molecule has 0 amide bonds. The number of nitrogens with zero attached hydrogens (tertiary/aromatic N) is 3. The zero-order valence-electron chi connectivity index (χ0n) is 16.0. The number of carbonyl (C=O) groups is 1. The summed E-state index contributed by atoms with van der Waals surface area (Å²) in [5.74, 6) is 0.267. The highest BCUT2D eigenvalue weighted by atomic mass is 79.9. The Labute approximate surface area is 176 Å². The third-order valence-electron chi connectivity index (χ3n) is 4.74. The van der Waals surface area contributed by atoms with E-state index in [1.54, 1.807) is 12.1 Å². The van der Waals surface area contributed by atoms with E-state index in [0.29, 0.717) is 22.4 Å². The van der Waals surface area contributed by atoms with Crippen LogP contribution >= 0.6 is 15.9 Å². The monoisotopic (exact) mass is 447 g/mol. The minimum atomic E-state index is -0.366. The normalized spacial score (nSPS) is 11.0. The summed E-state index contributed by atoms with van der Waals surface area (Å²) in [7, 11) is 0. The predicted molar refractivity (Wildman–Crippen MR) is 117 cm³/mol. The topological polar surface area (TPSA) is 64.8 Å². The van der Waals surface area contributed by atoms with E-state index < -0.39 is 0 Å². The first kappa shape index (κ1) is 19.2. The second-order valence-corrected chi connectivity index (χ2v) is 7.81. The summed E-state index contributed by atoms with van der Waals surface area (Å²) >= 11 is 3.45. The predicted octanol–water partition coefficient (Wildman–Crippen LogP) is 4.59. The molecule has 0 aliphatic carbocycles. The van der Waals surface area contributed by atoms with Crippen molar-refractivity contribution in [3.05, 3.63) is 98.1 Å². The van der Waals surface area contributed by atoms with Crippen molar-refractivity contribution < 1.29 is 4.79 Å². The van der Waals surface area contributed by atoms with Crippen molar-refractivity contribution in [2.45, 2.75) is 20.3 Å². The second-order valence-electron chi connectivity index (χ2n) is 6.89. The van der Waals surface area contributed by atoms with Gasteiger partial charge >= 0.3 is 0 Å². The number of pyridine rings is 1. The van der Waals surface area contributed by atoms with Crippen molar-refractivity contribution in [3.63, 3.8) is 0 Å². The molecule has 0 spiro atoms. The maximum atomic E-state index is 12.8. The van der Waals surface area contributed by atoms with Crippen LogP contribution in [0.3, 0.4) is 0 Å². The Balaban J connectivity index is 1.98. The second kappa shape index (κ2) is 7.72. The number of hydrogen-bond donors (Lipinski definition) is 0. The molecule has 0 aliphatic rings. The molecule has 2 aromatic carbocycles. The SMILES string of the molecule is Cc1cc(C)c2c(=O)nc(CC(=O)c3ccccc3)n(-c3ccc(Br)cc3)c2n1. The smallest absolute Gasteiger partial charge is 0.282 e. The molecular formula is C23H18BrN3O2. The summed E-state index contributed by atoms with van der Waals surface area (Å²) in [5.41, 5.74) is 3.13. The number of halogens is 1. The molecule has 0 aliphatic heterocycles. The largest absolute Gasteiger partial charge is 0.294 e. The highest BCUT2D eigenvalue weighted by molar-refractivity contribution is 9.10. The van der Waals surface area contributed by atoms with Crippen LogP contribution in [0.25, 0.3) is 16.7 Å². The van der Waals surface area contributed by atoms with E-state index >= 15 is 0 Å². The van der Waals surface area contributed by atoms with E-state index in [1.807, 2.05) is 66.9 Å². The van der Waals surface area contributed by atoms with Crippen molar-refractivity contribution in [2.75, 3.05) is 0 Å². The van der Waals surface area contributed by atoms with Gasteiger partial charge in [0.1, 0.15) is 5.82 Å². The average Bonchev–Trinajstić information content (AvgIpc) is 2.69. The van der Waals surface area contributed by atoms with Crippen molar-refractivity contribution >= 4 is 32.7 Å². The number of rotatable bonds is 4.